The number of nitrogens with two attached hydrogens (primary N) is 1. The molecule has 0 aliphatic rings. The summed E-state index contributed by atoms with van der Waals surface area (Å²) in [6.45, 7) is 2.71. The Kier molecular flexibility index (Phi) is 21.0. The van der Waals surface area contributed by atoms with Gasteiger partial charge in [0.05, 0.1) is 11.5 Å². The van der Waals surface area contributed by atoms with Gasteiger partial charge in [-0.15, -0.1) is 0 Å². The molecule has 0 bridgehead atoms. The Hall–Kier alpha value is 0.0500. The van der Waals surface area contributed by atoms with Crippen molar-refractivity contribution in [1.82, 2.24) is 0 Å². The molecule has 0 saturated heterocycles. The molecule has 1 aromatic carbocycles. The first-order chi connectivity index (χ1) is 12.5. The Morgan fingerprint density at radius 1 is 0.889 bits per heavy atom. The fourth-order valence-electron chi connectivity index (χ4n) is 2.76. The van der Waals surface area contributed by atoms with Crippen LogP contribution in [0.2, 0.25) is 0 Å². The molecule has 1 radical (unpaired) electrons. The van der Waals surface area contributed by atoms with Crippen LogP contribution in [0.4, 0.5) is 0 Å². The normalized spacial score (nSPS) is 10.7. The summed E-state index contributed by atoms with van der Waals surface area (Å²) in [5.74, 6) is 0. The molecular formula is C20H37NNaO4S. The number of hydrogen-bond donors (Lipinski definition) is 3. The van der Waals surface area contributed by atoms with Gasteiger partial charge in [-0.2, -0.15) is 8.42 Å². The van der Waals surface area contributed by atoms with Crippen LogP contribution in [-0.4, -0.2) is 60.8 Å². The second kappa shape index (κ2) is 19.4. The van der Waals surface area contributed by atoms with Gasteiger partial charge < -0.3 is 10.8 Å². The van der Waals surface area contributed by atoms with E-state index in [4.69, 9.17) is 10.8 Å². The monoisotopic (exact) mass is 410 g/mol. The summed E-state index contributed by atoms with van der Waals surface area (Å²) in [5.41, 5.74) is 5.50. The van der Waals surface area contributed by atoms with Crippen molar-refractivity contribution in [1.29, 1.82) is 0 Å². The van der Waals surface area contributed by atoms with E-state index < -0.39 is 10.1 Å². The Morgan fingerprint density at radius 3 is 1.78 bits per heavy atom. The Balaban J connectivity index is 0. The SMILES string of the molecule is CCCCCCCCCCCCc1ccccc1S(=O)(=O)O.NCCO.[Na]. The molecule has 27 heavy (non-hydrogen) atoms. The molecule has 0 atom stereocenters. The minimum Gasteiger partial charge on any atom is -0.395 e. The first kappa shape index (κ1) is 29.3. The molecule has 0 unspecified atom stereocenters. The summed E-state index contributed by atoms with van der Waals surface area (Å²) in [6.07, 6.45) is 13.3. The molecule has 1 aromatic rings. The molecule has 1 rings (SSSR count). The number of aliphatic hydroxyl groups is 1. The van der Waals surface area contributed by atoms with Crippen LogP contribution < -0.4 is 5.73 Å². The summed E-state index contributed by atoms with van der Waals surface area (Å²) >= 11 is 0. The molecule has 0 aliphatic carbocycles. The second-order valence-electron chi connectivity index (χ2n) is 6.53. The van der Waals surface area contributed by atoms with Gasteiger partial charge in [0.25, 0.3) is 10.1 Å². The minimum absolute atomic E-state index is 0. The van der Waals surface area contributed by atoms with Crippen molar-refractivity contribution in [3.05, 3.63) is 29.8 Å². The fraction of sp³-hybridized carbons (Fsp3) is 0.700. The first-order valence-corrected chi connectivity index (χ1v) is 11.3. The molecule has 0 spiro atoms. The predicted octanol–water partition coefficient (Wildman–Crippen LogP) is 3.95. The number of hydrogen-bond acceptors (Lipinski definition) is 4. The van der Waals surface area contributed by atoms with Crippen LogP contribution >= 0.6 is 0 Å². The van der Waals surface area contributed by atoms with Crippen LogP contribution in [0.5, 0.6) is 0 Å². The number of aliphatic hydroxyl groups excluding tert-OH is 1. The third-order valence-corrected chi connectivity index (χ3v) is 5.13. The third kappa shape index (κ3) is 16.7. The molecule has 0 aromatic heterocycles. The number of benzene rings is 1. The van der Waals surface area contributed by atoms with E-state index in [1.807, 2.05) is 6.07 Å². The summed E-state index contributed by atoms with van der Waals surface area (Å²) in [7, 11) is -4.10. The third-order valence-electron chi connectivity index (χ3n) is 4.18. The van der Waals surface area contributed by atoms with Gasteiger partial charge in [0, 0.05) is 36.1 Å². The molecule has 0 heterocycles. The summed E-state index contributed by atoms with van der Waals surface area (Å²) in [6, 6.07) is 6.73. The molecule has 7 heteroatoms. The van der Waals surface area contributed by atoms with Crippen LogP contribution in [0, 0.1) is 0 Å². The van der Waals surface area contributed by atoms with Crippen LogP contribution in [0.3, 0.4) is 0 Å². The molecule has 0 fully saturated rings. The summed E-state index contributed by atoms with van der Waals surface area (Å²) in [5, 5.41) is 7.75. The van der Waals surface area contributed by atoms with Crippen LogP contribution in [-0.2, 0) is 16.5 Å². The van der Waals surface area contributed by atoms with E-state index in [0.29, 0.717) is 13.0 Å². The summed E-state index contributed by atoms with van der Waals surface area (Å²) in [4.78, 5) is 0.0610. The van der Waals surface area contributed by atoms with Gasteiger partial charge in [-0.3, -0.25) is 4.55 Å². The maximum atomic E-state index is 11.3. The van der Waals surface area contributed by atoms with Crippen molar-refractivity contribution in [2.45, 2.75) is 82.4 Å². The van der Waals surface area contributed by atoms with E-state index in [-0.39, 0.29) is 41.1 Å². The van der Waals surface area contributed by atoms with Gasteiger partial charge in [0.1, 0.15) is 0 Å². The molecule has 4 N–H and O–H groups in total. The molecule has 0 aliphatic heterocycles. The van der Waals surface area contributed by atoms with Crippen molar-refractivity contribution in [2.24, 2.45) is 5.73 Å². The van der Waals surface area contributed by atoms with Crippen LogP contribution in [0.25, 0.3) is 0 Å². The average molecular weight is 411 g/mol. The van der Waals surface area contributed by atoms with E-state index in [1.54, 1.807) is 12.1 Å². The zero-order chi connectivity index (χ0) is 19.7. The second-order valence-corrected chi connectivity index (χ2v) is 7.92. The maximum Gasteiger partial charge on any atom is 0.294 e. The van der Waals surface area contributed by atoms with Crippen molar-refractivity contribution in [2.75, 3.05) is 13.2 Å². The predicted molar refractivity (Wildman–Crippen MR) is 114 cm³/mol. The van der Waals surface area contributed by atoms with Crippen LogP contribution in [0.15, 0.2) is 29.2 Å². The summed E-state index contributed by atoms with van der Waals surface area (Å²) < 4.78 is 31.8. The minimum atomic E-state index is -4.10. The van der Waals surface area contributed by atoms with E-state index >= 15 is 0 Å². The van der Waals surface area contributed by atoms with Gasteiger partial charge in [0.2, 0.25) is 0 Å². The van der Waals surface area contributed by atoms with Crippen molar-refractivity contribution < 1.29 is 18.1 Å². The van der Waals surface area contributed by atoms with Crippen LogP contribution in [0.1, 0.15) is 76.7 Å². The molecule has 0 amide bonds. The van der Waals surface area contributed by atoms with E-state index in [9.17, 15) is 13.0 Å². The number of rotatable bonds is 13. The number of aryl methyl sites for hydroxylation is 1. The Labute approximate surface area is 188 Å². The topological polar surface area (TPSA) is 101 Å². The Bertz CT molecular complexity index is 551. The van der Waals surface area contributed by atoms with Crippen molar-refractivity contribution in [3.8, 4) is 0 Å². The zero-order valence-corrected chi connectivity index (χ0v) is 20.0. The zero-order valence-electron chi connectivity index (χ0n) is 17.2. The largest absolute Gasteiger partial charge is 0.395 e. The molecule has 0 saturated carbocycles. The van der Waals surface area contributed by atoms with Crippen molar-refractivity contribution in [3.63, 3.8) is 0 Å². The quantitative estimate of drug-likeness (QED) is 0.260. The van der Waals surface area contributed by atoms with Crippen molar-refractivity contribution >= 4 is 39.7 Å². The molecule has 5 nitrogen and oxygen atoms in total. The molecular weight excluding hydrogens is 373 g/mol. The van der Waals surface area contributed by atoms with Gasteiger partial charge in [-0.05, 0) is 24.5 Å². The standard InChI is InChI=1S/C18H30O3S.C2H7NO.Na/c1-2-3-4-5-6-7-8-9-10-11-14-17-15-12-13-16-18(17)22(19,20)21;3-1-2-4;/h12-13,15-16H,2-11,14H2,1H3,(H,19,20,21);4H,1-3H2;. The maximum absolute atomic E-state index is 11.3. The van der Waals surface area contributed by atoms with Gasteiger partial charge in [0.15, 0.2) is 0 Å². The molecule has 153 valence electrons. The number of unbranched alkanes of at least 4 members (excludes halogenated alkanes) is 9. The van der Waals surface area contributed by atoms with Gasteiger partial charge in [-0.25, -0.2) is 0 Å². The van der Waals surface area contributed by atoms with Gasteiger partial charge in [-0.1, -0.05) is 82.9 Å². The van der Waals surface area contributed by atoms with Gasteiger partial charge >= 0.3 is 0 Å². The average Bonchev–Trinajstić information content (AvgIpc) is 2.63. The van der Waals surface area contributed by atoms with E-state index in [1.165, 1.54) is 57.4 Å². The fourth-order valence-corrected chi connectivity index (χ4v) is 3.52. The smallest absolute Gasteiger partial charge is 0.294 e. The first-order valence-electron chi connectivity index (χ1n) is 9.83. The van der Waals surface area contributed by atoms with E-state index in [0.717, 1.165) is 18.4 Å². The Morgan fingerprint density at radius 2 is 1.33 bits per heavy atom. The van der Waals surface area contributed by atoms with E-state index in [2.05, 4.69) is 6.92 Å².